The standard InChI is InChI=1S/C9H20N2/c1-3-4-10-5-6-11-7-9(2)8-11/h9-10H,3-8H2,1-2H3. The van der Waals surface area contributed by atoms with Gasteiger partial charge in [-0.2, -0.15) is 0 Å². The SMILES string of the molecule is CCCNCCN1CC(C)C1. The van der Waals surface area contributed by atoms with E-state index in [2.05, 4.69) is 24.1 Å². The fraction of sp³-hybridized carbons (Fsp3) is 1.00. The summed E-state index contributed by atoms with van der Waals surface area (Å²) in [5.74, 6) is 0.946. The maximum Gasteiger partial charge on any atom is 0.0107 e. The molecule has 0 saturated carbocycles. The molecular formula is C9H20N2. The lowest BCUT2D eigenvalue weighted by molar-refractivity contribution is 0.114. The third-order valence-corrected chi connectivity index (χ3v) is 2.17. The van der Waals surface area contributed by atoms with Crippen LogP contribution in [0.1, 0.15) is 20.3 Å². The minimum Gasteiger partial charge on any atom is -0.315 e. The molecule has 0 spiro atoms. The van der Waals surface area contributed by atoms with Gasteiger partial charge in [0.25, 0.3) is 0 Å². The molecule has 1 rings (SSSR count). The summed E-state index contributed by atoms with van der Waals surface area (Å²) in [6.45, 7) is 10.7. The Morgan fingerprint density at radius 2 is 2.09 bits per heavy atom. The molecule has 66 valence electrons. The van der Waals surface area contributed by atoms with E-state index in [0.717, 1.165) is 5.92 Å². The number of rotatable bonds is 5. The average Bonchev–Trinajstić information content (AvgIpc) is 1.94. The summed E-state index contributed by atoms with van der Waals surface area (Å²) in [6, 6.07) is 0. The van der Waals surface area contributed by atoms with E-state index in [0.29, 0.717) is 0 Å². The summed E-state index contributed by atoms with van der Waals surface area (Å²) in [5.41, 5.74) is 0. The molecule has 0 aliphatic carbocycles. The maximum atomic E-state index is 3.41. The lowest BCUT2D eigenvalue weighted by Gasteiger charge is -2.37. The monoisotopic (exact) mass is 156 g/mol. The van der Waals surface area contributed by atoms with Gasteiger partial charge < -0.3 is 10.2 Å². The Bertz CT molecular complexity index is 97.7. The van der Waals surface area contributed by atoms with Crippen molar-refractivity contribution in [1.82, 2.24) is 10.2 Å². The molecule has 0 radical (unpaired) electrons. The first-order chi connectivity index (χ1) is 5.33. The molecule has 11 heavy (non-hydrogen) atoms. The van der Waals surface area contributed by atoms with E-state index < -0.39 is 0 Å². The molecular weight excluding hydrogens is 136 g/mol. The van der Waals surface area contributed by atoms with E-state index in [1.54, 1.807) is 0 Å². The third kappa shape index (κ3) is 3.21. The number of nitrogens with zero attached hydrogens (tertiary/aromatic N) is 1. The van der Waals surface area contributed by atoms with Crippen molar-refractivity contribution in [1.29, 1.82) is 0 Å². The van der Waals surface area contributed by atoms with E-state index >= 15 is 0 Å². The first kappa shape index (κ1) is 9.01. The van der Waals surface area contributed by atoms with E-state index in [-0.39, 0.29) is 0 Å². The molecule has 1 heterocycles. The summed E-state index contributed by atoms with van der Waals surface area (Å²) in [6.07, 6.45) is 1.25. The predicted molar refractivity (Wildman–Crippen MR) is 48.8 cm³/mol. The van der Waals surface area contributed by atoms with Gasteiger partial charge in [-0.3, -0.25) is 0 Å². The summed E-state index contributed by atoms with van der Waals surface area (Å²) in [7, 11) is 0. The van der Waals surface area contributed by atoms with Crippen LogP contribution in [0.5, 0.6) is 0 Å². The van der Waals surface area contributed by atoms with Crippen LogP contribution in [0, 0.1) is 5.92 Å². The second-order valence-corrected chi connectivity index (χ2v) is 3.61. The highest BCUT2D eigenvalue weighted by Crippen LogP contribution is 2.12. The number of hydrogen-bond donors (Lipinski definition) is 1. The quantitative estimate of drug-likeness (QED) is 0.596. The fourth-order valence-electron chi connectivity index (χ4n) is 1.55. The molecule has 1 N–H and O–H groups in total. The maximum absolute atomic E-state index is 3.41. The van der Waals surface area contributed by atoms with E-state index in [9.17, 15) is 0 Å². The number of likely N-dealkylation sites (tertiary alicyclic amines) is 1. The van der Waals surface area contributed by atoms with Gasteiger partial charge in [-0.15, -0.1) is 0 Å². The fourth-order valence-corrected chi connectivity index (χ4v) is 1.55. The van der Waals surface area contributed by atoms with Crippen LogP contribution in [0.25, 0.3) is 0 Å². The molecule has 0 atom stereocenters. The molecule has 1 aliphatic heterocycles. The smallest absolute Gasteiger partial charge is 0.0107 e. The van der Waals surface area contributed by atoms with Crippen molar-refractivity contribution < 1.29 is 0 Å². The Kier molecular flexibility index (Phi) is 3.87. The molecule has 1 saturated heterocycles. The summed E-state index contributed by atoms with van der Waals surface area (Å²) in [5, 5.41) is 3.41. The highest BCUT2D eigenvalue weighted by atomic mass is 15.2. The minimum absolute atomic E-state index is 0.946. The van der Waals surface area contributed by atoms with Crippen LogP contribution in [0.3, 0.4) is 0 Å². The van der Waals surface area contributed by atoms with Gasteiger partial charge in [0.2, 0.25) is 0 Å². The zero-order valence-electron chi connectivity index (χ0n) is 7.77. The molecule has 0 bridgehead atoms. The van der Waals surface area contributed by atoms with Crippen molar-refractivity contribution in [2.45, 2.75) is 20.3 Å². The van der Waals surface area contributed by atoms with Crippen molar-refractivity contribution in [3.05, 3.63) is 0 Å². The van der Waals surface area contributed by atoms with Crippen molar-refractivity contribution in [3.8, 4) is 0 Å². The molecule has 1 fully saturated rings. The topological polar surface area (TPSA) is 15.3 Å². The predicted octanol–water partition coefficient (Wildman–Crippen LogP) is 0.938. The van der Waals surface area contributed by atoms with Crippen molar-refractivity contribution in [2.24, 2.45) is 5.92 Å². The van der Waals surface area contributed by atoms with Crippen LogP contribution in [-0.2, 0) is 0 Å². The zero-order valence-corrected chi connectivity index (χ0v) is 7.77. The summed E-state index contributed by atoms with van der Waals surface area (Å²) in [4.78, 5) is 2.51. The van der Waals surface area contributed by atoms with Crippen LogP contribution in [0.15, 0.2) is 0 Å². The molecule has 1 aliphatic rings. The lowest BCUT2D eigenvalue weighted by atomic mass is 10.0. The Hall–Kier alpha value is -0.0800. The molecule has 0 aromatic rings. The summed E-state index contributed by atoms with van der Waals surface area (Å²) < 4.78 is 0. The first-order valence-electron chi connectivity index (χ1n) is 4.76. The van der Waals surface area contributed by atoms with Gasteiger partial charge in [-0.1, -0.05) is 13.8 Å². The van der Waals surface area contributed by atoms with Gasteiger partial charge in [-0.05, 0) is 18.9 Å². The zero-order chi connectivity index (χ0) is 8.10. The molecule has 0 unspecified atom stereocenters. The van der Waals surface area contributed by atoms with Crippen LogP contribution in [-0.4, -0.2) is 37.6 Å². The minimum atomic E-state index is 0.946. The third-order valence-electron chi connectivity index (χ3n) is 2.17. The van der Waals surface area contributed by atoms with Crippen LogP contribution in [0.2, 0.25) is 0 Å². The number of nitrogens with one attached hydrogen (secondary N) is 1. The van der Waals surface area contributed by atoms with Gasteiger partial charge in [0, 0.05) is 26.2 Å². The molecule has 0 aromatic carbocycles. The Balaban J connectivity index is 1.81. The summed E-state index contributed by atoms with van der Waals surface area (Å²) >= 11 is 0. The second-order valence-electron chi connectivity index (χ2n) is 3.61. The largest absolute Gasteiger partial charge is 0.315 e. The molecule has 2 nitrogen and oxygen atoms in total. The second kappa shape index (κ2) is 4.73. The van der Waals surface area contributed by atoms with E-state index in [1.807, 2.05) is 0 Å². The van der Waals surface area contributed by atoms with Gasteiger partial charge in [0.15, 0.2) is 0 Å². The van der Waals surface area contributed by atoms with E-state index in [4.69, 9.17) is 0 Å². The Morgan fingerprint density at radius 3 is 2.64 bits per heavy atom. The first-order valence-corrected chi connectivity index (χ1v) is 4.76. The van der Waals surface area contributed by atoms with Crippen molar-refractivity contribution in [2.75, 3.05) is 32.7 Å². The normalized spacial score (nSPS) is 20.2. The highest BCUT2D eigenvalue weighted by molar-refractivity contribution is 4.76. The van der Waals surface area contributed by atoms with Crippen LogP contribution in [0.4, 0.5) is 0 Å². The average molecular weight is 156 g/mol. The Morgan fingerprint density at radius 1 is 1.36 bits per heavy atom. The van der Waals surface area contributed by atoms with Crippen LogP contribution >= 0.6 is 0 Å². The Labute approximate surface area is 70.0 Å². The molecule has 0 amide bonds. The van der Waals surface area contributed by atoms with Crippen LogP contribution < -0.4 is 5.32 Å². The molecule has 2 heteroatoms. The molecule has 0 aromatic heterocycles. The van der Waals surface area contributed by atoms with Gasteiger partial charge in [0.1, 0.15) is 0 Å². The van der Waals surface area contributed by atoms with Crippen molar-refractivity contribution in [3.63, 3.8) is 0 Å². The van der Waals surface area contributed by atoms with Gasteiger partial charge >= 0.3 is 0 Å². The van der Waals surface area contributed by atoms with E-state index in [1.165, 1.54) is 39.1 Å². The van der Waals surface area contributed by atoms with Crippen molar-refractivity contribution >= 4 is 0 Å². The number of hydrogen-bond acceptors (Lipinski definition) is 2. The van der Waals surface area contributed by atoms with Gasteiger partial charge in [0.05, 0.1) is 0 Å². The highest BCUT2D eigenvalue weighted by Gasteiger charge is 2.20. The van der Waals surface area contributed by atoms with Gasteiger partial charge in [-0.25, -0.2) is 0 Å². The lowest BCUT2D eigenvalue weighted by Crippen LogP contribution is -2.47.